The van der Waals surface area contributed by atoms with Crippen LogP contribution >= 0.6 is 23.7 Å². The highest BCUT2D eigenvalue weighted by Crippen LogP contribution is 2.29. The van der Waals surface area contributed by atoms with Crippen LogP contribution in [0.1, 0.15) is 16.4 Å². The summed E-state index contributed by atoms with van der Waals surface area (Å²) in [5, 5.41) is 11.1. The van der Waals surface area contributed by atoms with Crippen molar-refractivity contribution in [2.75, 3.05) is 18.4 Å². The van der Waals surface area contributed by atoms with Crippen molar-refractivity contribution in [2.45, 2.75) is 12.8 Å². The highest BCUT2D eigenvalue weighted by atomic mass is 35.5. The van der Waals surface area contributed by atoms with E-state index in [-0.39, 0.29) is 30.2 Å². The monoisotopic (exact) mass is 327 g/mol. The lowest BCUT2D eigenvalue weighted by Crippen LogP contribution is -2.27. The fourth-order valence-electron chi connectivity index (χ4n) is 2.55. The van der Waals surface area contributed by atoms with E-state index < -0.39 is 0 Å². The number of anilines is 1. The van der Waals surface area contributed by atoms with Crippen LogP contribution < -0.4 is 10.6 Å². The zero-order chi connectivity index (χ0) is 14.1. The maximum absolute atomic E-state index is 12.4. The van der Waals surface area contributed by atoms with Crippen LogP contribution in [-0.2, 0) is 11.8 Å². The van der Waals surface area contributed by atoms with Crippen molar-refractivity contribution >= 4 is 34.8 Å². The summed E-state index contributed by atoms with van der Waals surface area (Å²) in [5.74, 6) is 0.117. The van der Waals surface area contributed by atoms with Crippen LogP contribution in [0, 0.1) is 12.8 Å². The fraction of sp³-hybridized carbons (Fsp3) is 0.462. The third-order valence-electron chi connectivity index (χ3n) is 3.56. The molecule has 8 heteroatoms. The molecule has 1 aliphatic heterocycles. The molecule has 1 fully saturated rings. The van der Waals surface area contributed by atoms with Gasteiger partial charge in [-0.25, -0.2) is 4.98 Å². The third kappa shape index (κ3) is 3.42. The van der Waals surface area contributed by atoms with Gasteiger partial charge in [-0.1, -0.05) is 0 Å². The maximum atomic E-state index is 12.4. The van der Waals surface area contributed by atoms with E-state index in [0.29, 0.717) is 11.7 Å². The Bertz CT molecular complexity index is 626. The topological polar surface area (TPSA) is 71.8 Å². The molecular formula is C13H18ClN5OS. The van der Waals surface area contributed by atoms with E-state index in [1.165, 1.54) is 11.3 Å². The molecule has 0 radical (unpaired) electrons. The molecule has 1 saturated heterocycles. The fourth-order valence-corrected chi connectivity index (χ4v) is 3.21. The molecule has 0 aliphatic carbocycles. The molecule has 2 aromatic heterocycles. The number of aryl methyl sites for hydroxylation is 2. The van der Waals surface area contributed by atoms with E-state index >= 15 is 0 Å². The van der Waals surface area contributed by atoms with Crippen LogP contribution in [0.25, 0.3) is 0 Å². The summed E-state index contributed by atoms with van der Waals surface area (Å²) < 4.78 is 1.77. The van der Waals surface area contributed by atoms with Crippen LogP contribution in [0.5, 0.6) is 0 Å². The molecule has 2 atom stereocenters. The lowest BCUT2D eigenvalue weighted by molar-refractivity contribution is -0.119. The molecule has 21 heavy (non-hydrogen) atoms. The second kappa shape index (κ2) is 6.55. The first-order chi connectivity index (χ1) is 9.63. The van der Waals surface area contributed by atoms with Gasteiger partial charge >= 0.3 is 0 Å². The molecule has 3 heterocycles. The molecule has 3 rings (SSSR count). The smallest absolute Gasteiger partial charge is 0.231 e. The van der Waals surface area contributed by atoms with Crippen LogP contribution in [0.3, 0.4) is 0 Å². The van der Waals surface area contributed by atoms with Gasteiger partial charge in [0.25, 0.3) is 0 Å². The van der Waals surface area contributed by atoms with Gasteiger partial charge in [-0.3, -0.25) is 9.48 Å². The summed E-state index contributed by atoms with van der Waals surface area (Å²) in [7, 11) is 1.89. The maximum Gasteiger partial charge on any atom is 0.231 e. The second-order valence-electron chi connectivity index (χ2n) is 5.08. The van der Waals surface area contributed by atoms with E-state index in [2.05, 4.69) is 20.7 Å². The number of halogens is 1. The number of aromatic nitrogens is 3. The lowest BCUT2D eigenvalue weighted by Gasteiger charge is -2.15. The number of rotatable bonds is 3. The normalized spacial score (nSPS) is 21.0. The lowest BCUT2D eigenvalue weighted by atomic mass is 9.90. The largest absolute Gasteiger partial charge is 0.315 e. The van der Waals surface area contributed by atoms with Crippen LogP contribution in [0.2, 0.25) is 0 Å². The van der Waals surface area contributed by atoms with E-state index in [0.717, 1.165) is 17.0 Å². The Balaban J connectivity index is 0.00000161. The van der Waals surface area contributed by atoms with Gasteiger partial charge in [0.2, 0.25) is 5.91 Å². The number of hydrogen-bond acceptors (Lipinski definition) is 5. The minimum atomic E-state index is -0.0802. The Morgan fingerprint density at radius 3 is 2.90 bits per heavy atom. The van der Waals surface area contributed by atoms with Crippen LogP contribution in [-0.4, -0.2) is 33.8 Å². The first-order valence-electron chi connectivity index (χ1n) is 6.56. The standard InChI is InChI=1S/C13H17N5OS.ClH/c1-8-3-15-13(20-8)17-12(19)11-6-14-5-10(11)9-4-16-18(2)7-9;/h3-4,7,10-11,14H,5-6H2,1-2H3,(H,15,17,19);1H/t10-,11+;/m1./s1. The summed E-state index contributed by atoms with van der Waals surface area (Å²) in [6, 6.07) is 0. The summed E-state index contributed by atoms with van der Waals surface area (Å²) in [5.41, 5.74) is 1.10. The number of carbonyl (C=O) groups excluding carboxylic acids is 1. The molecule has 0 unspecified atom stereocenters. The van der Waals surface area contributed by atoms with Crippen molar-refractivity contribution in [3.05, 3.63) is 29.0 Å². The van der Waals surface area contributed by atoms with Gasteiger partial charge in [-0.05, 0) is 12.5 Å². The Morgan fingerprint density at radius 1 is 1.48 bits per heavy atom. The molecule has 6 nitrogen and oxygen atoms in total. The van der Waals surface area contributed by atoms with Crippen molar-refractivity contribution in [3.8, 4) is 0 Å². The Labute approximate surface area is 133 Å². The number of carbonyl (C=O) groups is 1. The summed E-state index contributed by atoms with van der Waals surface area (Å²) in [6.45, 7) is 3.47. The molecule has 0 aromatic carbocycles. The molecular weight excluding hydrogens is 310 g/mol. The van der Waals surface area contributed by atoms with E-state index in [1.54, 1.807) is 10.9 Å². The van der Waals surface area contributed by atoms with Gasteiger partial charge < -0.3 is 10.6 Å². The summed E-state index contributed by atoms with van der Waals surface area (Å²) in [4.78, 5) is 17.7. The summed E-state index contributed by atoms with van der Waals surface area (Å²) >= 11 is 1.50. The summed E-state index contributed by atoms with van der Waals surface area (Å²) in [6.07, 6.45) is 5.59. The zero-order valence-corrected chi connectivity index (χ0v) is 13.5. The van der Waals surface area contributed by atoms with Gasteiger partial charge in [0, 0.05) is 43.3 Å². The highest BCUT2D eigenvalue weighted by molar-refractivity contribution is 7.15. The van der Waals surface area contributed by atoms with E-state index in [4.69, 9.17) is 0 Å². The number of nitrogens with one attached hydrogen (secondary N) is 2. The predicted octanol–water partition coefficient (Wildman–Crippen LogP) is 1.55. The van der Waals surface area contributed by atoms with Gasteiger partial charge in [0.05, 0.1) is 12.1 Å². The van der Waals surface area contributed by atoms with Crippen molar-refractivity contribution in [3.63, 3.8) is 0 Å². The van der Waals surface area contributed by atoms with Gasteiger partial charge in [-0.15, -0.1) is 23.7 Å². The van der Waals surface area contributed by atoms with Gasteiger partial charge in [-0.2, -0.15) is 5.10 Å². The quantitative estimate of drug-likeness (QED) is 0.897. The van der Waals surface area contributed by atoms with Crippen molar-refractivity contribution < 1.29 is 4.79 Å². The predicted molar refractivity (Wildman–Crippen MR) is 85.0 cm³/mol. The second-order valence-corrected chi connectivity index (χ2v) is 6.32. The molecule has 114 valence electrons. The minimum Gasteiger partial charge on any atom is -0.315 e. The molecule has 0 spiro atoms. The first-order valence-corrected chi connectivity index (χ1v) is 7.37. The molecule has 2 N–H and O–H groups in total. The molecule has 2 aromatic rings. The average Bonchev–Trinajstić information content (AvgIpc) is 3.09. The Kier molecular flexibility index (Phi) is 4.97. The number of amides is 1. The average molecular weight is 328 g/mol. The molecule has 1 amide bonds. The third-order valence-corrected chi connectivity index (χ3v) is 4.38. The SMILES string of the molecule is Cc1cnc(NC(=O)[C@H]2CNC[C@@H]2c2cnn(C)c2)s1.Cl. The van der Waals surface area contributed by atoms with Crippen LogP contribution in [0.15, 0.2) is 18.6 Å². The zero-order valence-electron chi connectivity index (χ0n) is 11.9. The van der Waals surface area contributed by atoms with Gasteiger partial charge in [0.15, 0.2) is 5.13 Å². The van der Waals surface area contributed by atoms with Crippen molar-refractivity contribution in [1.82, 2.24) is 20.1 Å². The van der Waals surface area contributed by atoms with Crippen LogP contribution in [0.4, 0.5) is 5.13 Å². The Morgan fingerprint density at radius 2 is 2.29 bits per heavy atom. The van der Waals surface area contributed by atoms with E-state index in [9.17, 15) is 4.79 Å². The number of nitrogens with zero attached hydrogens (tertiary/aromatic N) is 3. The highest BCUT2D eigenvalue weighted by Gasteiger charge is 2.34. The van der Waals surface area contributed by atoms with Gasteiger partial charge in [0.1, 0.15) is 0 Å². The van der Waals surface area contributed by atoms with E-state index in [1.807, 2.05) is 26.4 Å². The minimum absolute atomic E-state index is 0. The molecule has 1 aliphatic rings. The number of thiazole rings is 1. The van der Waals surface area contributed by atoms with Crippen molar-refractivity contribution in [1.29, 1.82) is 0 Å². The molecule has 0 bridgehead atoms. The Hall–Kier alpha value is -1.44. The van der Waals surface area contributed by atoms with Crippen molar-refractivity contribution in [2.24, 2.45) is 13.0 Å². The number of hydrogen-bond donors (Lipinski definition) is 2. The molecule has 0 saturated carbocycles. The first kappa shape index (κ1) is 15.9.